The van der Waals surface area contributed by atoms with Crippen LogP contribution in [0.2, 0.25) is 0 Å². The topological polar surface area (TPSA) is 72.9 Å². The zero-order valence-corrected chi connectivity index (χ0v) is 18.2. The van der Waals surface area contributed by atoms with Crippen molar-refractivity contribution in [1.29, 1.82) is 0 Å². The number of benzene rings is 2. The van der Waals surface area contributed by atoms with E-state index in [1.807, 2.05) is 61.5 Å². The number of para-hydroxylation sites is 1. The Kier molecular flexibility index (Phi) is 3.87. The van der Waals surface area contributed by atoms with Crippen LogP contribution in [-0.2, 0) is 35.8 Å². The third kappa shape index (κ3) is 2.02. The number of nitrogens with zero attached hydrogens (tertiary/aromatic N) is 1. The summed E-state index contributed by atoms with van der Waals surface area (Å²) < 4.78 is 11.8. The number of amides is 1. The lowest BCUT2D eigenvalue weighted by Gasteiger charge is -2.45. The second-order valence-electron chi connectivity index (χ2n) is 9.45. The molecule has 2 bridgehead atoms. The van der Waals surface area contributed by atoms with Crippen LogP contribution in [0.1, 0.15) is 37.8 Å². The monoisotopic (exact) mass is 431 g/mol. The number of rotatable bonds is 4. The molecule has 4 atom stereocenters. The summed E-state index contributed by atoms with van der Waals surface area (Å²) in [6.07, 6.45) is 0.421. The molecule has 0 N–H and O–H groups in total. The lowest BCUT2D eigenvalue weighted by atomic mass is 9.52. The molecule has 4 aliphatic rings. The van der Waals surface area contributed by atoms with Crippen molar-refractivity contribution in [3.63, 3.8) is 0 Å². The van der Waals surface area contributed by atoms with E-state index in [2.05, 4.69) is 0 Å². The normalized spacial score (nSPS) is 33.2. The third-order valence-corrected chi connectivity index (χ3v) is 8.20. The molecule has 3 aliphatic heterocycles. The number of Topliss-reactive ketones (excluding diaryl/α,β-unsaturated/α-hetero) is 1. The van der Waals surface area contributed by atoms with Crippen LogP contribution in [-0.4, -0.2) is 36.0 Å². The number of ether oxygens (including phenoxy) is 2. The molecule has 0 unspecified atom stereocenters. The number of carbonyl (C=O) groups excluding carboxylic acids is 3. The summed E-state index contributed by atoms with van der Waals surface area (Å²) in [5.74, 6) is -1.74. The van der Waals surface area contributed by atoms with Gasteiger partial charge in [-0.1, -0.05) is 48.5 Å². The maximum Gasteiger partial charge on any atom is 0.313 e. The van der Waals surface area contributed by atoms with Crippen molar-refractivity contribution < 1.29 is 23.9 Å². The number of hydrogen-bond donors (Lipinski definition) is 0. The molecule has 164 valence electrons. The molecule has 1 saturated carbocycles. The lowest BCUT2D eigenvalue weighted by Crippen LogP contribution is -2.65. The Hall–Kier alpha value is -2.99. The summed E-state index contributed by atoms with van der Waals surface area (Å²) in [5, 5.41) is 0. The molecule has 2 aromatic carbocycles. The van der Waals surface area contributed by atoms with Crippen molar-refractivity contribution in [3.8, 4) is 0 Å². The minimum absolute atomic E-state index is 0.0459. The maximum atomic E-state index is 14.5. The SMILES string of the molecule is CCOC(=O)[C@H]1[C@H]2O[C@](C)(C3(CC3)C2=O)[C@]12C(=O)N(Cc1ccccc1)c1ccccc12. The van der Waals surface area contributed by atoms with Gasteiger partial charge in [-0.3, -0.25) is 14.4 Å². The van der Waals surface area contributed by atoms with Crippen molar-refractivity contribution in [2.24, 2.45) is 11.3 Å². The molecule has 32 heavy (non-hydrogen) atoms. The van der Waals surface area contributed by atoms with Gasteiger partial charge in [0.15, 0.2) is 5.78 Å². The predicted molar refractivity (Wildman–Crippen MR) is 116 cm³/mol. The predicted octanol–water partition coefficient (Wildman–Crippen LogP) is 3.17. The molecule has 0 aromatic heterocycles. The summed E-state index contributed by atoms with van der Waals surface area (Å²) in [6.45, 7) is 4.17. The molecule has 3 heterocycles. The van der Waals surface area contributed by atoms with E-state index in [-0.39, 0.29) is 18.3 Å². The van der Waals surface area contributed by atoms with E-state index in [1.54, 1.807) is 11.8 Å². The van der Waals surface area contributed by atoms with Crippen LogP contribution in [0.3, 0.4) is 0 Å². The average molecular weight is 431 g/mol. The van der Waals surface area contributed by atoms with Gasteiger partial charge in [0.2, 0.25) is 5.91 Å². The van der Waals surface area contributed by atoms with E-state index in [0.717, 1.165) is 16.8 Å². The van der Waals surface area contributed by atoms with Crippen LogP contribution in [0.25, 0.3) is 0 Å². The van der Waals surface area contributed by atoms with Gasteiger partial charge in [0.05, 0.1) is 24.2 Å². The van der Waals surface area contributed by atoms with Crippen molar-refractivity contribution in [2.45, 2.75) is 50.4 Å². The Morgan fingerprint density at radius 2 is 1.78 bits per heavy atom. The van der Waals surface area contributed by atoms with Gasteiger partial charge in [-0.2, -0.15) is 0 Å². The van der Waals surface area contributed by atoms with Gasteiger partial charge in [-0.15, -0.1) is 0 Å². The fourth-order valence-corrected chi connectivity index (χ4v) is 6.69. The molecule has 2 saturated heterocycles. The van der Waals surface area contributed by atoms with Gasteiger partial charge in [-0.25, -0.2) is 0 Å². The first-order chi connectivity index (χ1) is 15.4. The van der Waals surface area contributed by atoms with Gasteiger partial charge in [0.1, 0.15) is 17.4 Å². The minimum atomic E-state index is -1.28. The number of anilines is 1. The fraction of sp³-hybridized carbons (Fsp3) is 0.423. The summed E-state index contributed by atoms with van der Waals surface area (Å²) in [6, 6.07) is 17.4. The number of fused-ring (bicyclic) bond motifs is 6. The van der Waals surface area contributed by atoms with E-state index in [0.29, 0.717) is 19.4 Å². The quantitative estimate of drug-likeness (QED) is 0.696. The van der Waals surface area contributed by atoms with Crippen LogP contribution in [0.5, 0.6) is 0 Å². The smallest absolute Gasteiger partial charge is 0.313 e. The Morgan fingerprint density at radius 3 is 2.47 bits per heavy atom. The van der Waals surface area contributed by atoms with Crippen molar-refractivity contribution in [1.82, 2.24) is 0 Å². The summed E-state index contributed by atoms with van der Waals surface area (Å²) in [7, 11) is 0. The van der Waals surface area contributed by atoms with Gasteiger partial charge in [0, 0.05) is 5.69 Å². The fourth-order valence-electron chi connectivity index (χ4n) is 6.69. The first-order valence-corrected chi connectivity index (χ1v) is 11.3. The van der Waals surface area contributed by atoms with Crippen LogP contribution < -0.4 is 4.90 Å². The Labute approximate surface area is 186 Å². The highest BCUT2D eigenvalue weighted by molar-refractivity contribution is 6.16. The zero-order chi connectivity index (χ0) is 22.3. The van der Waals surface area contributed by atoms with Crippen LogP contribution in [0.4, 0.5) is 5.69 Å². The summed E-state index contributed by atoms with van der Waals surface area (Å²) >= 11 is 0. The third-order valence-electron chi connectivity index (χ3n) is 8.20. The molecular weight excluding hydrogens is 406 g/mol. The number of hydrogen-bond acceptors (Lipinski definition) is 5. The molecule has 6 nitrogen and oxygen atoms in total. The Bertz CT molecular complexity index is 1160. The molecule has 1 aliphatic carbocycles. The highest BCUT2D eigenvalue weighted by Crippen LogP contribution is 2.76. The standard InChI is InChI=1S/C26H25NO5/c1-3-31-22(29)19-20-21(28)25(13-14-25)24(2,32-20)26(19)17-11-7-8-12-18(17)27(23(26)30)15-16-9-5-4-6-10-16/h4-12,19-20H,3,13-15H2,1-2H3/t19-,20-,24-,26+/m1/s1. The van der Waals surface area contributed by atoms with Crippen molar-refractivity contribution in [2.75, 3.05) is 11.5 Å². The number of ketones is 1. The van der Waals surface area contributed by atoms with E-state index in [4.69, 9.17) is 9.47 Å². The number of carbonyl (C=O) groups is 3. The second kappa shape index (κ2) is 6.29. The average Bonchev–Trinajstić information content (AvgIpc) is 3.47. The second-order valence-corrected chi connectivity index (χ2v) is 9.45. The van der Waals surface area contributed by atoms with Gasteiger partial charge < -0.3 is 14.4 Å². The van der Waals surface area contributed by atoms with Crippen LogP contribution in [0.15, 0.2) is 54.6 Å². The molecule has 2 spiro atoms. The highest BCUT2D eigenvalue weighted by atomic mass is 16.6. The van der Waals surface area contributed by atoms with Crippen LogP contribution >= 0.6 is 0 Å². The zero-order valence-electron chi connectivity index (χ0n) is 18.2. The number of esters is 1. The van der Waals surface area contributed by atoms with E-state index in [9.17, 15) is 14.4 Å². The molecule has 1 amide bonds. The first kappa shape index (κ1) is 19.7. The van der Waals surface area contributed by atoms with Crippen LogP contribution in [0, 0.1) is 11.3 Å². The minimum Gasteiger partial charge on any atom is -0.466 e. The molecule has 0 radical (unpaired) electrons. The molecule has 2 aromatic rings. The molecule has 6 heteroatoms. The van der Waals surface area contributed by atoms with E-state index in [1.165, 1.54) is 0 Å². The Balaban J connectivity index is 1.57. The van der Waals surface area contributed by atoms with Gasteiger partial charge >= 0.3 is 5.97 Å². The molecule has 6 rings (SSSR count). The van der Waals surface area contributed by atoms with Gasteiger partial charge in [-0.05, 0) is 43.9 Å². The maximum absolute atomic E-state index is 14.5. The van der Waals surface area contributed by atoms with Gasteiger partial charge in [0.25, 0.3) is 0 Å². The van der Waals surface area contributed by atoms with E-state index >= 15 is 0 Å². The molecule has 3 fully saturated rings. The molecular formula is C26H25NO5. The van der Waals surface area contributed by atoms with Crippen molar-refractivity contribution in [3.05, 3.63) is 65.7 Å². The Morgan fingerprint density at radius 1 is 1.09 bits per heavy atom. The van der Waals surface area contributed by atoms with Crippen molar-refractivity contribution >= 4 is 23.3 Å². The first-order valence-electron chi connectivity index (χ1n) is 11.3. The summed E-state index contributed by atoms with van der Waals surface area (Å²) in [4.78, 5) is 42.9. The highest BCUT2D eigenvalue weighted by Gasteiger charge is 2.88. The lowest BCUT2D eigenvalue weighted by molar-refractivity contribution is -0.158. The summed E-state index contributed by atoms with van der Waals surface area (Å²) in [5.41, 5.74) is -0.533. The largest absolute Gasteiger partial charge is 0.466 e. The van der Waals surface area contributed by atoms with E-state index < -0.39 is 34.4 Å².